The molecule has 2 aliphatic heterocycles. The van der Waals surface area contributed by atoms with Crippen molar-refractivity contribution >= 4 is 29.2 Å². The molecule has 1 aromatic carbocycles. The molecule has 1 saturated heterocycles. The van der Waals surface area contributed by atoms with Crippen LogP contribution in [0.1, 0.15) is 60.5 Å². The van der Waals surface area contributed by atoms with Gasteiger partial charge in [-0.25, -0.2) is 9.59 Å². The number of hydrogen-bond acceptors (Lipinski definition) is 6. The number of urea groups is 1. The van der Waals surface area contributed by atoms with E-state index in [1.54, 1.807) is 11.8 Å². The van der Waals surface area contributed by atoms with Crippen molar-refractivity contribution < 1.29 is 19.1 Å². The van der Waals surface area contributed by atoms with Crippen molar-refractivity contribution in [3.05, 3.63) is 69.1 Å². The van der Waals surface area contributed by atoms with Gasteiger partial charge in [-0.15, -0.1) is 11.3 Å². The highest BCUT2D eigenvalue weighted by molar-refractivity contribution is 7.12. The van der Waals surface area contributed by atoms with Gasteiger partial charge >= 0.3 is 12.0 Å². The standard InChI is InChI=1S/C28H36N4O4S/c1-5-32-22(18-30-13-15-31(16-14-30)26(33)23-8-7-17-37-23)24(27(34)36-6-2)25(29-28(32)35)21-11-9-20(10-12-21)19(3)4/h7-12,17,19,25H,5-6,13-16,18H2,1-4H3,(H,29,35)/t25-/m1/s1. The minimum absolute atomic E-state index is 0.0539. The van der Waals surface area contributed by atoms with Crippen molar-refractivity contribution in [3.63, 3.8) is 0 Å². The van der Waals surface area contributed by atoms with Crippen molar-refractivity contribution in [1.29, 1.82) is 0 Å². The molecular formula is C28H36N4O4S. The number of piperazine rings is 1. The van der Waals surface area contributed by atoms with Crippen LogP contribution in [0.5, 0.6) is 0 Å². The molecule has 9 heteroatoms. The largest absolute Gasteiger partial charge is 0.463 e. The Hall–Kier alpha value is -3.17. The fourth-order valence-corrected chi connectivity index (χ4v) is 5.55. The molecule has 0 aliphatic carbocycles. The molecule has 37 heavy (non-hydrogen) atoms. The molecule has 1 aromatic heterocycles. The van der Waals surface area contributed by atoms with Gasteiger partial charge in [0.2, 0.25) is 0 Å². The number of thiophene rings is 1. The van der Waals surface area contributed by atoms with Gasteiger partial charge < -0.3 is 15.0 Å². The van der Waals surface area contributed by atoms with E-state index in [-0.39, 0.29) is 18.5 Å². The minimum atomic E-state index is -0.591. The third-order valence-corrected chi connectivity index (χ3v) is 7.81. The van der Waals surface area contributed by atoms with Gasteiger partial charge in [-0.1, -0.05) is 44.2 Å². The summed E-state index contributed by atoms with van der Waals surface area (Å²) in [5.74, 6) is 0.0187. The molecule has 1 fully saturated rings. The Kier molecular flexibility index (Phi) is 8.66. The van der Waals surface area contributed by atoms with Gasteiger partial charge in [-0.3, -0.25) is 14.6 Å². The second kappa shape index (κ2) is 11.9. The summed E-state index contributed by atoms with van der Waals surface area (Å²) in [6.07, 6.45) is 0. The van der Waals surface area contributed by atoms with Crippen LogP contribution in [0.25, 0.3) is 0 Å². The van der Waals surface area contributed by atoms with Crippen LogP contribution in [0, 0.1) is 0 Å². The monoisotopic (exact) mass is 524 g/mol. The number of carbonyl (C=O) groups excluding carboxylic acids is 3. The number of likely N-dealkylation sites (N-methyl/N-ethyl adjacent to an activating group) is 1. The number of carbonyl (C=O) groups is 3. The Morgan fingerprint density at radius 2 is 1.78 bits per heavy atom. The van der Waals surface area contributed by atoms with Gasteiger partial charge in [-0.05, 0) is 42.3 Å². The van der Waals surface area contributed by atoms with Crippen LogP contribution in [-0.2, 0) is 9.53 Å². The Labute approximate surface area is 222 Å². The number of ether oxygens (including phenoxy) is 1. The summed E-state index contributed by atoms with van der Waals surface area (Å²) in [7, 11) is 0. The molecule has 0 bridgehead atoms. The quantitative estimate of drug-likeness (QED) is 0.523. The third-order valence-electron chi connectivity index (χ3n) is 6.95. The predicted octanol–water partition coefficient (Wildman–Crippen LogP) is 4.23. The molecule has 0 unspecified atom stereocenters. The molecule has 3 heterocycles. The van der Waals surface area contributed by atoms with E-state index in [1.807, 2.05) is 53.6 Å². The first kappa shape index (κ1) is 26.9. The van der Waals surface area contributed by atoms with E-state index in [2.05, 4.69) is 24.1 Å². The molecule has 2 aromatic rings. The molecule has 0 spiro atoms. The highest BCUT2D eigenvalue weighted by atomic mass is 32.1. The van der Waals surface area contributed by atoms with E-state index >= 15 is 0 Å². The summed E-state index contributed by atoms with van der Waals surface area (Å²) in [4.78, 5) is 45.7. The average molecular weight is 525 g/mol. The molecule has 1 N–H and O–H groups in total. The van der Waals surface area contributed by atoms with Crippen LogP contribution in [-0.4, -0.2) is 78.5 Å². The second-order valence-corrected chi connectivity index (χ2v) is 10.5. The lowest BCUT2D eigenvalue weighted by Gasteiger charge is -2.40. The number of benzene rings is 1. The molecule has 0 saturated carbocycles. The first-order valence-corrected chi connectivity index (χ1v) is 13.8. The Balaban J connectivity index is 1.61. The lowest BCUT2D eigenvalue weighted by atomic mass is 9.92. The number of esters is 1. The molecule has 1 atom stereocenters. The van der Waals surface area contributed by atoms with Crippen LogP contribution in [0.2, 0.25) is 0 Å². The van der Waals surface area contributed by atoms with E-state index < -0.39 is 12.0 Å². The Morgan fingerprint density at radius 3 is 2.35 bits per heavy atom. The van der Waals surface area contributed by atoms with E-state index in [0.717, 1.165) is 10.4 Å². The van der Waals surface area contributed by atoms with Crippen molar-refractivity contribution in [1.82, 2.24) is 20.0 Å². The van der Waals surface area contributed by atoms with Crippen LogP contribution in [0.4, 0.5) is 4.79 Å². The lowest BCUT2D eigenvalue weighted by molar-refractivity contribution is -0.139. The van der Waals surface area contributed by atoms with Crippen molar-refractivity contribution in [2.45, 2.75) is 39.7 Å². The van der Waals surface area contributed by atoms with Gasteiger partial charge in [0, 0.05) is 45.0 Å². The zero-order valence-electron chi connectivity index (χ0n) is 22.0. The summed E-state index contributed by atoms with van der Waals surface area (Å²) in [6.45, 7) is 11.6. The lowest BCUT2D eigenvalue weighted by Crippen LogP contribution is -2.53. The van der Waals surface area contributed by atoms with Crippen molar-refractivity contribution in [2.24, 2.45) is 0 Å². The van der Waals surface area contributed by atoms with Gasteiger partial charge in [0.15, 0.2) is 0 Å². The van der Waals surface area contributed by atoms with Gasteiger partial charge in [0.25, 0.3) is 5.91 Å². The van der Waals surface area contributed by atoms with E-state index in [9.17, 15) is 14.4 Å². The van der Waals surface area contributed by atoms with Crippen LogP contribution in [0.15, 0.2) is 53.0 Å². The predicted molar refractivity (Wildman–Crippen MR) is 145 cm³/mol. The second-order valence-electron chi connectivity index (χ2n) is 9.57. The van der Waals surface area contributed by atoms with Gasteiger partial charge in [-0.2, -0.15) is 0 Å². The smallest absolute Gasteiger partial charge is 0.338 e. The normalized spacial score (nSPS) is 18.8. The summed E-state index contributed by atoms with van der Waals surface area (Å²) in [5, 5.41) is 4.94. The fraction of sp³-hybridized carbons (Fsp3) is 0.464. The number of nitrogens with one attached hydrogen (secondary N) is 1. The van der Waals surface area contributed by atoms with Gasteiger partial charge in [0.05, 0.1) is 23.1 Å². The van der Waals surface area contributed by atoms with Gasteiger partial charge in [0.1, 0.15) is 0 Å². The van der Waals surface area contributed by atoms with E-state index in [4.69, 9.17) is 4.74 Å². The first-order chi connectivity index (χ1) is 17.8. The fourth-order valence-electron chi connectivity index (χ4n) is 4.86. The van der Waals surface area contributed by atoms with E-state index in [1.165, 1.54) is 16.9 Å². The molecule has 4 rings (SSSR count). The topological polar surface area (TPSA) is 82.2 Å². The highest BCUT2D eigenvalue weighted by Crippen LogP contribution is 2.33. The number of hydrogen-bond donors (Lipinski definition) is 1. The molecular weight excluding hydrogens is 488 g/mol. The van der Waals surface area contributed by atoms with Crippen LogP contribution < -0.4 is 5.32 Å². The maximum absolute atomic E-state index is 13.3. The maximum Gasteiger partial charge on any atom is 0.338 e. The van der Waals surface area contributed by atoms with Crippen LogP contribution >= 0.6 is 11.3 Å². The third kappa shape index (κ3) is 5.88. The minimum Gasteiger partial charge on any atom is -0.463 e. The number of nitrogens with zero attached hydrogens (tertiary/aromatic N) is 3. The summed E-state index contributed by atoms with van der Waals surface area (Å²) >= 11 is 1.45. The van der Waals surface area contributed by atoms with Crippen molar-refractivity contribution in [2.75, 3.05) is 45.9 Å². The highest BCUT2D eigenvalue weighted by Gasteiger charge is 2.38. The Bertz CT molecular complexity index is 1140. The molecule has 3 amide bonds. The Morgan fingerprint density at radius 1 is 1.08 bits per heavy atom. The SMILES string of the molecule is CCOC(=O)C1=C(CN2CCN(C(=O)c3cccs3)CC2)N(CC)C(=O)N[C@@H]1c1ccc(C(C)C)cc1. The molecule has 2 aliphatic rings. The summed E-state index contributed by atoms with van der Waals surface area (Å²) in [5.41, 5.74) is 3.18. The van der Waals surface area contributed by atoms with E-state index in [0.29, 0.717) is 56.5 Å². The zero-order valence-corrected chi connectivity index (χ0v) is 22.8. The molecule has 0 radical (unpaired) electrons. The van der Waals surface area contributed by atoms with Crippen molar-refractivity contribution in [3.8, 4) is 0 Å². The maximum atomic E-state index is 13.3. The zero-order chi connectivity index (χ0) is 26.5. The van der Waals surface area contributed by atoms with Crippen LogP contribution in [0.3, 0.4) is 0 Å². The first-order valence-electron chi connectivity index (χ1n) is 13.0. The number of amides is 3. The average Bonchev–Trinajstić information content (AvgIpc) is 3.44. The summed E-state index contributed by atoms with van der Waals surface area (Å²) in [6, 6.07) is 11.0. The summed E-state index contributed by atoms with van der Waals surface area (Å²) < 4.78 is 5.49. The number of rotatable bonds is 8. The molecule has 8 nitrogen and oxygen atoms in total. The molecule has 198 valence electrons.